The number of halogens is 1. The Hall–Kier alpha value is -3.27. The summed E-state index contributed by atoms with van der Waals surface area (Å²) >= 11 is 7.91. The van der Waals surface area contributed by atoms with Gasteiger partial charge in [-0.2, -0.15) is 4.98 Å². The Morgan fingerprint density at radius 1 is 1.08 bits per heavy atom. The maximum absolute atomic E-state index is 7.63. The number of likely N-dealkylation sites (N-methyl/N-ethyl adjacent to an activating group) is 1. The lowest BCUT2D eigenvalue weighted by Gasteiger charge is -2.34. The fraction of sp³-hybridized carbons (Fsp3) is 0.321. The van der Waals surface area contributed by atoms with Crippen molar-refractivity contribution >= 4 is 41.4 Å². The molecule has 8 nitrogen and oxygen atoms in total. The Kier molecular flexibility index (Phi) is 9.14. The van der Waals surface area contributed by atoms with Crippen LogP contribution in [-0.4, -0.2) is 61.4 Å². The van der Waals surface area contributed by atoms with Crippen LogP contribution in [-0.2, 0) is 0 Å². The van der Waals surface area contributed by atoms with Gasteiger partial charge in [0, 0.05) is 79.6 Å². The van der Waals surface area contributed by atoms with Crippen LogP contribution < -0.4 is 19.7 Å². The summed E-state index contributed by atoms with van der Waals surface area (Å²) < 4.78 is 9.58. The van der Waals surface area contributed by atoms with Gasteiger partial charge in [-0.05, 0) is 57.0 Å². The van der Waals surface area contributed by atoms with Gasteiger partial charge in [0.1, 0.15) is 5.75 Å². The fourth-order valence-corrected chi connectivity index (χ4v) is 5.06. The van der Waals surface area contributed by atoms with E-state index in [1.807, 2.05) is 31.2 Å². The highest BCUT2D eigenvalue weighted by atomic mass is 35.5. The zero-order chi connectivity index (χ0) is 27.2. The van der Waals surface area contributed by atoms with Crippen LogP contribution in [0.2, 0.25) is 5.02 Å². The molecule has 0 amide bonds. The number of anilines is 2. The van der Waals surface area contributed by atoms with Gasteiger partial charge in [-0.15, -0.1) is 0 Å². The van der Waals surface area contributed by atoms with E-state index in [1.54, 1.807) is 13.2 Å². The fourth-order valence-electron chi connectivity index (χ4n) is 4.32. The van der Waals surface area contributed by atoms with Crippen LogP contribution in [0.3, 0.4) is 0 Å². The quantitative estimate of drug-likeness (QED) is 0.219. The highest BCUT2D eigenvalue weighted by molar-refractivity contribution is 8.05. The molecule has 0 radical (unpaired) electrons. The highest BCUT2D eigenvalue weighted by Crippen LogP contribution is 2.37. The third-order valence-electron chi connectivity index (χ3n) is 6.49. The predicted molar refractivity (Wildman–Crippen MR) is 160 cm³/mol. The molecule has 3 N–H and O–H groups in total. The molecule has 38 heavy (non-hydrogen) atoms. The molecule has 1 saturated heterocycles. The Bertz CT molecular complexity index is 1320. The Balaban J connectivity index is 1.72. The van der Waals surface area contributed by atoms with E-state index in [0.29, 0.717) is 27.5 Å². The van der Waals surface area contributed by atoms with E-state index < -0.39 is 0 Å². The van der Waals surface area contributed by atoms with Crippen molar-refractivity contribution in [3.63, 3.8) is 0 Å². The lowest BCUT2D eigenvalue weighted by molar-refractivity contribution is 0.312. The molecule has 3 aromatic rings. The third-order valence-corrected chi connectivity index (χ3v) is 7.64. The summed E-state index contributed by atoms with van der Waals surface area (Å²) in [4.78, 5) is 14.8. The molecule has 1 aliphatic heterocycles. The normalized spacial score (nSPS) is 14.4. The number of allylic oxidation sites excluding steroid dienone is 1. The maximum Gasteiger partial charge on any atom is 0.237 e. The zero-order valence-electron chi connectivity index (χ0n) is 22.4. The molecular formula is C28H34ClN7OS. The first-order chi connectivity index (χ1) is 18.3. The van der Waals surface area contributed by atoms with Crippen molar-refractivity contribution < 1.29 is 4.74 Å². The molecule has 0 atom stereocenters. The van der Waals surface area contributed by atoms with E-state index in [0.717, 1.165) is 59.8 Å². The van der Waals surface area contributed by atoms with Crippen molar-refractivity contribution in [1.29, 1.82) is 5.41 Å². The second-order valence-electron chi connectivity index (χ2n) is 9.31. The largest absolute Gasteiger partial charge is 0.438 e. The SMILES string of the molecule is CN/C=C(\C=N)SNc1nc(Oc2cc(N3CCN(C)CC3)cc(Cl)c2C)cc(-c2c(C)cccc2C)n1. The van der Waals surface area contributed by atoms with Crippen LogP contribution in [0.5, 0.6) is 11.6 Å². The third kappa shape index (κ3) is 6.59. The number of aryl methyl sites for hydroxylation is 2. The standard InChI is InChI=1S/C28H34ClN7OS/c1-18-7-6-8-19(2)27(18)24-15-26(33-28(32-24)34-38-22(16-30)17-31-4)37-25-14-21(13-23(29)20(25)3)36-11-9-35(5)10-12-36/h6-8,13-17,30-31H,9-12H2,1-5H3,(H,32,33,34)/b22-17+,30-16?. The van der Waals surface area contributed by atoms with Gasteiger partial charge in [0.05, 0.1) is 10.6 Å². The monoisotopic (exact) mass is 551 g/mol. The Morgan fingerprint density at radius 3 is 2.45 bits per heavy atom. The molecule has 0 aliphatic carbocycles. The average molecular weight is 552 g/mol. The minimum absolute atomic E-state index is 0.382. The second-order valence-corrected chi connectivity index (χ2v) is 10.6. The number of nitrogens with one attached hydrogen (secondary N) is 3. The van der Waals surface area contributed by atoms with E-state index in [2.05, 4.69) is 57.9 Å². The van der Waals surface area contributed by atoms with Gasteiger partial charge in [-0.1, -0.05) is 29.8 Å². The molecule has 1 fully saturated rings. The first kappa shape index (κ1) is 27.8. The highest BCUT2D eigenvalue weighted by Gasteiger charge is 2.19. The van der Waals surface area contributed by atoms with E-state index in [-0.39, 0.29) is 0 Å². The molecule has 1 aliphatic rings. The number of hydrogen-bond acceptors (Lipinski definition) is 9. The minimum Gasteiger partial charge on any atom is -0.438 e. The average Bonchev–Trinajstić information content (AvgIpc) is 2.89. The smallest absolute Gasteiger partial charge is 0.237 e. The van der Waals surface area contributed by atoms with Crippen LogP contribution in [0.15, 0.2) is 47.5 Å². The number of aromatic nitrogens is 2. The second kappa shape index (κ2) is 12.5. The van der Waals surface area contributed by atoms with Crippen LogP contribution in [0.1, 0.15) is 16.7 Å². The van der Waals surface area contributed by atoms with Crippen LogP contribution in [0, 0.1) is 26.2 Å². The van der Waals surface area contributed by atoms with Gasteiger partial charge in [0.15, 0.2) is 0 Å². The molecule has 2 aromatic carbocycles. The number of rotatable bonds is 9. The number of hydrogen-bond donors (Lipinski definition) is 3. The van der Waals surface area contributed by atoms with E-state index >= 15 is 0 Å². The van der Waals surface area contributed by atoms with Gasteiger partial charge >= 0.3 is 0 Å². The molecule has 0 saturated carbocycles. The molecule has 0 spiro atoms. The summed E-state index contributed by atoms with van der Waals surface area (Å²) in [6.07, 6.45) is 2.99. The van der Waals surface area contributed by atoms with Crippen molar-refractivity contribution in [3.8, 4) is 22.9 Å². The first-order valence-electron chi connectivity index (χ1n) is 12.5. The maximum atomic E-state index is 7.63. The number of nitrogens with zero attached hydrogens (tertiary/aromatic N) is 4. The van der Waals surface area contributed by atoms with Crippen molar-refractivity contribution in [2.24, 2.45) is 0 Å². The summed E-state index contributed by atoms with van der Waals surface area (Å²) in [6, 6.07) is 12.1. The predicted octanol–water partition coefficient (Wildman–Crippen LogP) is 6.04. The number of ether oxygens (including phenoxy) is 1. The molecule has 1 aromatic heterocycles. The molecule has 0 unspecified atom stereocenters. The van der Waals surface area contributed by atoms with Crippen LogP contribution in [0.4, 0.5) is 11.6 Å². The number of benzene rings is 2. The molecule has 0 bridgehead atoms. The summed E-state index contributed by atoms with van der Waals surface area (Å²) in [7, 11) is 3.93. The summed E-state index contributed by atoms with van der Waals surface area (Å²) in [5, 5.41) is 11.2. The van der Waals surface area contributed by atoms with Gasteiger partial charge in [-0.25, -0.2) is 4.98 Å². The summed E-state index contributed by atoms with van der Waals surface area (Å²) in [5.74, 6) is 1.45. The summed E-state index contributed by atoms with van der Waals surface area (Å²) in [6.45, 7) is 9.95. The topological polar surface area (TPSA) is 89.4 Å². The Labute approximate surface area is 234 Å². The first-order valence-corrected chi connectivity index (χ1v) is 13.7. The molecule has 10 heteroatoms. The van der Waals surface area contributed by atoms with Crippen molar-refractivity contribution in [2.45, 2.75) is 20.8 Å². The van der Waals surface area contributed by atoms with E-state index in [4.69, 9.17) is 26.7 Å². The van der Waals surface area contributed by atoms with Gasteiger partial charge in [0.2, 0.25) is 11.8 Å². The molecule has 4 rings (SSSR count). The van der Waals surface area contributed by atoms with Crippen LogP contribution >= 0.6 is 23.5 Å². The molecule has 200 valence electrons. The van der Waals surface area contributed by atoms with Gasteiger partial charge in [0.25, 0.3) is 0 Å². The van der Waals surface area contributed by atoms with Gasteiger partial charge in [-0.3, -0.25) is 4.72 Å². The van der Waals surface area contributed by atoms with Crippen LogP contribution in [0.25, 0.3) is 11.3 Å². The van der Waals surface area contributed by atoms with Gasteiger partial charge < -0.3 is 25.3 Å². The molecule has 2 heterocycles. The lowest BCUT2D eigenvalue weighted by atomic mass is 10.00. The number of piperazine rings is 1. The van der Waals surface area contributed by atoms with Crippen molar-refractivity contribution in [2.75, 3.05) is 49.9 Å². The molecular weight excluding hydrogens is 518 g/mol. The lowest BCUT2D eigenvalue weighted by Crippen LogP contribution is -2.44. The van der Waals surface area contributed by atoms with E-state index in [1.165, 1.54) is 18.2 Å². The van der Waals surface area contributed by atoms with Crippen molar-refractivity contribution in [1.82, 2.24) is 20.2 Å². The minimum atomic E-state index is 0.382. The van der Waals surface area contributed by atoms with Crippen molar-refractivity contribution in [3.05, 3.63) is 69.2 Å². The van der Waals surface area contributed by atoms with E-state index in [9.17, 15) is 0 Å². The zero-order valence-corrected chi connectivity index (χ0v) is 24.0. The Morgan fingerprint density at radius 2 is 1.79 bits per heavy atom. The summed E-state index contributed by atoms with van der Waals surface area (Å²) in [5.41, 5.74) is 5.89.